The number of anilines is 1. The second-order valence-electron chi connectivity index (χ2n) is 4.16. The van der Waals surface area contributed by atoms with Crippen LogP contribution in [0.15, 0.2) is 0 Å². The smallest absolute Gasteiger partial charge is 0.229 e. The lowest BCUT2D eigenvalue weighted by Crippen LogP contribution is -2.22. The monoisotopic (exact) mass is 271 g/mol. The first-order valence-electron chi connectivity index (χ1n) is 5.69. The van der Waals surface area contributed by atoms with Crippen LogP contribution in [0.1, 0.15) is 17.5 Å². The summed E-state index contributed by atoms with van der Waals surface area (Å²) in [7, 11) is 0. The van der Waals surface area contributed by atoms with Gasteiger partial charge in [0.05, 0.1) is 5.69 Å². The summed E-state index contributed by atoms with van der Waals surface area (Å²) < 4.78 is 0. The van der Waals surface area contributed by atoms with E-state index >= 15 is 0 Å². The fraction of sp³-hybridized carbons (Fsp3) is 0.636. The lowest BCUT2D eigenvalue weighted by molar-refractivity contribution is -0.118. The topological polar surface area (TPSA) is 54.0 Å². The molecule has 2 N–H and O–H groups in total. The Morgan fingerprint density at radius 2 is 2.53 bits per heavy atom. The van der Waals surface area contributed by atoms with Crippen molar-refractivity contribution in [1.29, 1.82) is 0 Å². The van der Waals surface area contributed by atoms with E-state index in [-0.39, 0.29) is 11.8 Å². The molecule has 17 heavy (non-hydrogen) atoms. The molecule has 1 atom stereocenters. The number of aromatic nitrogens is 1. The Morgan fingerprint density at radius 3 is 3.24 bits per heavy atom. The Morgan fingerprint density at radius 1 is 1.71 bits per heavy atom. The minimum Gasteiger partial charge on any atom is -0.311 e. The molecule has 6 heteroatoms. The number of carbonyl (C=O) groups excluding carboxylic acids is 1. The summed E-state index contributed by atoms with van der Waals surface area (Å²) in [5.41, 5.74) is 1.14. The molecule has 0 saturated heterocycles. The van der Waals surface area contributed by atoms with Crippen LogP contribution < -0.4 is 10.6 Å². The molecule has 0 aromatic carbocycles. The molecule has 1 unspecified atom stereocenters. The van der Waals surface area contributed by atoms with Crippen LogP contribution in [0.2, 0.25) is 0 Å². The number of thiazole rings is 1. The van der Waals surface area contributed by atoms with Gasteiger partial charge in [0, 0.05) is 36.1 Å². The molecule has 0 fully saturated rings. The van der Waals surface area contributed by atoms with Gasteiger partial charge in [0.25, 0.3) is 0 Å². The summed E-state index contributed by atoms with van der Waals surface area (Å²) in [6.07, 6.45) is 2.97. The maximum absolute atomic E-state index is 11.8. The predicted octanol–water partition coefficient (Wildman–Crippen LogP) is 1.73. The van der Waals surface area contributed by atoms with Crippen molar-refractivity contribution < 1.29 is 4.79 Å². The molecule has 1 amide bonds. The molecule has 0 aliphatic carbocycles. The minimum absolute atomic E-state index is 0.0315. The predicted molar refractivity (Wildman–Crippen MR) is 73.7 cm³/mol. The van der Waals surface area contributed by atoms with E-state index in [4.69, 9.17) is 0 Å². The number of nitrogens with zero attached hydrogens (tertiary/aromatic N) is 1. The van der Waals surface area contributed by atoms with Gasteiger partial charge in [-0.05, 0) is 6.26 Å². The van der Waals surface area contributed by atoms with Crippen molar-refractivity contribution in [2.45, 2.75) is 19.9 Å². The standard InChI is InChI=1S/C11H17N3OS2/c1-7(6-16-2)10(15)14-11-13-8-3-4-12-5-9(8)17-11/h7,12H,3-6H2,1-2H3,(H,13,14,15). The number of nitrogens with one attached hydrogen (secondary N) is 2. The summed E-state index contributed by atoms with van der Waals surface area (Å²) in [6.45, 7) is 3.80. The van der Waals surface area contributed by atoms with Gasteiger partial charge in [-0.3, -0.25) is 4.79 Å². The fourth-order valence-corrected chi connectivity index (χ4v) is 3.37. The summed E-state index contributed by atoms with van der Waals surface area (Å²) in [4.78, 5) is 17.6. The van der Waals surface area contributed by atoms with Crippen molar-refractivity contribution in [3.05, 3.63) is 10.6 Å². The average Bonchev–Trinajstić information content (AvgIpc) is 2.71. The number of hydrogen-bond donors (Lipinski definition) is 2. The number of hydrogen-bond acceptors (Lipinski definition) is 5. The van der Waals surface area contributed by atoms with Gasteiger partial charge < -0.3 is 10.6 Å². The summed E-state index contributed by atoms with van der Waals surface area (Å²) >= 11 is 3.27. The average molecular weight is 271 g/mol. The van der Waals surface area contributed by atoms with Gasteiger partial charge in [-0.15, -0.1) is 11.3 Å². The van der Waals surface area contributed by atoms with E-state index in [0.29, 0.717) is 0 Å². The van der Waals surface area contributed by atoms with E-state index in [1.54, 1.807) is 23.1 Å². The molecule has 1 aromatic heterocycles. The van der Waals surface area contributed by atoms with Gasteiger partial charge in [0.15, 0.2) is 5.13 Å². The highest BCUT2D eigenvalue weighted by atomic mass is 32.2. The van der Waals surface area contributed by atoms with Crippen molar-refractivity contribution >= 4 is 34.1 Å². The van der Waals surface area contributed by atoms with Crippen LogP contribution in [0.3, 0.4) is 0 Å². The van der Waals surface area contributed by atoms with E-state index in [9.17, 15) is 4.79 Å². The zero-order valence-corrected chi connectivity index (χ0v) is 11.7. The Kier molecular flexibility index (Phi) is 4.42. The van der Waals surface area contributed by atoms with Crippen LogP contribution in [-0.2, 0) is 17.8 Å². The number of carbonyl (C=O) groups is 1. The maximum Gasteiger partial charge on any atom is 0.229 e. The van der Waals surface area contributed by atoms with Crippen molar-refractivity contribution in [1.82, 2.24) is 10.3 Å². The van der Waals surface area contributed by atoms with Gasteiger partial charge in [-0.25, -0.2) is 4.98 Å². The van der Waals surface area contributed by atoms with Gasteiger partial charge in [0.2, 0.25) is 5.91 Å². The second-order valence-corrected chi connectivity index (χ2v) is 6.16. The first kappa shape index (κ1) is 12.9. The van der Waals surface area contributed by atoms with Crippen molar-refractivity contribution in [2.75, 3.05) is 23.9 Å². The van der Waals surface area contributed by atoms with Crippen LogP contribution in [-0.4, -0.2) is 29.4 Å². The molecule has 1 aromatic rings. The molecular weight excluding hydrogens is 254 g/mol. The van der Waals surface area contributed by atoms with E-state index < -0.39 is 0 Å². The third kappa shape index (κ3) is 3.20. The highest BCUT2D eigenvalue weighted by Gasteiger charge is 2.18. The van der Waals surface area contributed by atoms with E-state index in [0.717, 1.165) is 36.1 Å². The lowest BCUT2D eigenvalue weighted by atomic mass is 10.2. The first-order valence-corrected chi connectivity index (χ1v) is 7.91. The Bertz CT molecular complexity index is 382. The molecule has 1 aliphatic heterocycles. The summed E-state index contributed by atoms with van der Waals surface area (Å²) in [6, 6.07) is 0. The van der Waals surface area contributed by atoms with E-state index in [1.807, 2.05) is 13.2 Å². The van der Waals surface area contributed by atoms with Gasteiger partial charge in [-0.2, -0.15) is 11.8 Å². The van der Waals surface area contributed by atoms with E-state index in [2.05, 4.69) is 15.6 Å². The fourth-order valence-electron chi connectivity index (χ4n) is 1.73. The van der Waals surface area contributed by atoms with Crippen LogP contribution in [0.5, 0.6) is 0 Å². The molecular formula is C11H17N3OS2. The Hall–Kier alpha value is -0.590. The van der Waals surface area contributed by atoms with Crippen molar-refractivity contribution in [2.24, 2.45) is 5.92 Å². The van der Waals surface area contributed by atoms with Crippen molar-refractivity contribution in [3.8, 4) is 0 Å². The normalized spacial score (nSPS) is 16.4. The summed E-state index contributed by atoms with van der Waals surface area (Å²) in [5, 5.41) is 6.96. The second kappa shape index (κ2) is 5.84. The first-order chi connectivity index (χ1) is 8.20. The third-order valence-electron chi connectivity index (χ3n) is 2.70. The molecule has 0 radical (unpaired) electrons. The Labute approximate surface area is 110 Å². The minimum atomic E-state index is 0.0315. The van der Waals surface area contributed by atoms with Crippen LogP contribution in [0.25, 0.3) is 0 Å². The number of fused-ring (bicyclic) bond motifs is 1. The summed E-state index contributed by atoms with van der Waals surface area (Å²) in [5.74, 6) is 0.945. The van der Waals surface area contributed by atoms with E-state index in [1.165, 1.54) is 4.88 Å². The zero-order valence-electron chi connectivity index (χ0n) is 10.1. The Balaban J connectivity index is 1.99. The highest BCUT2D eigenvalue weighted by Crippen LogP contribution is 2.25. The number of amides is 1. The van der Waals surface area contributed by atoms with Crippen LogP contribution in [0, 0.1) is 5.92 Å². The molecule has 0 bridgehead atoms. The van der Waals surface area contributed by atoms with Crippen LogP contribution in [0.4, 0.5) is 5.13 Å². The molecule has 0 saturated carbocycles. The largest absolute Gasteiger partial charge is 0.311 e. The highest BCUT2D eigenvalue weighted by molar-refractivity contribution is 7.98. The van der Waals surface area contributed by atoms with Gasteiger partial charge in [0.1, 0.15) is 0 Å². The van der Waals surface area contributed by atoms with Crippen LogP contribution >= 0.6 is 23.1 Å². The van der Waals surface area contributed by atoms with Gasteiger partial charge >= 0.3 is 0 Å². The SMILES string of the molecule is CSCC(C)C(=O)Nc1nc2c(s1)CNCC2. The molecule has 2 heterocycles. The number of thioether (sulfide) groups is 1. The lowest BCUT2D eigenvalue weighted by Gasteiger charge is -2.09. The number of rotatable bonds is 4. The van der Waals surface area contributed by atoms with Crippen molar-refractivity contribution in [3.63, 3.8) is 0 Å². The van der Waals surface area contributed by atoms with Gasteiger partial charge in [-0.1, -0.05) is 6.92 Å². The quantitative estimate of drug-likeness (QED) is 0.875. The zero-order chi connectivity index (χ0) is 12.3. The molecule has 0 spiro atoms. The molecule has 94 valence electrons. The molecule has 4 nitrogen and oxygen atoms in total. The molecule has 2 rings (SSSR count). The molecule has 1 aliphatic rings. The third-order valence-corrected chi connectivity index (χ3v) is 4.54. The maximum atomic E-state index is 11.8.